The van der Waals surface area contributed by atoms with Gasteiger partial charge in [0.1, 0.15) is 5.82 Å². The van der Waals surface area contributed by atoms with Gasteiger partial charge in [-0.05, 0) is 69.0 Å². The second kappa shape index (κ2) is 6.20. The van der Waals surface area contributed by atoms with Crippen LogP contribution in [0.3, 0.4) is 0 Å². The summed E-state index contributed by atoms with van der Waals surface area (Å²) in [5.74, 6) is -0.0879. The number of nitrogens with one attached hydrogen (secondary N) is 2. The molecule has 0 spiro atoms. The molecule has 0 radical (unpaired) electrons. The fraction of sp³-hybridized carbons (Fsp3) is 0.571. The largest absolute Gasteiger partial charge is 0.316 e. The van der Waals surface area contributed by atoms with Gasteiger partial charge in [-0.3, -0.25) is 0 Å². The molecule has 1 fully saturated rings. The minimum absolute atomic E-state index is 0.197. The summed E-state index contributed by atoms with van der Waals surface area (Å²) in [6, 6.07) is 2.51. The van der Waals surface area contributed by atoms with Gasteiger partial charge in [0, 0.05) is 6.54 Å². The van der Waals surface area contributed by atoms with Crippen molar-refractivity contribution in [3.05, 3.63) is 29.1 Å². The molecule has 1 aliphatic rings. The number of sulfonamides is 1. The Kier molecular flexibility index (Phi) is 4.78. The first-order valence-corrected chi connectivity index (χ1v) is 8.35. The average Bonchev–Trinajstić information content (AvgIpc) is 2.36. The van der Waals surface area contributed by atoms with Crippen molar-refractivity contribution in [2.75, 3.05) is 19.6 Å². The summed E-state index contributed by atoms with van der Waals surface area (Å²) in [6.45, 7) is 5.49. The Balaban J connectivity index is 2.14. The standard InChI is InChI=1S/C14H21FN2O2S/c1-10-6-13(15)7-11(2)14(10)20(18,19)17-9-12-4-3-5-16-8-12/h6-7,12,16-17H,3-5,8-9H2,1-2H3. The van der Waals surface area contributed by atoms with Gasteiger partial charge in [-0.25, -0.2) is 17.5 Å². The maximum Gasteiger partial charge on any atom is 0.241 e. The van der Waals surface area contributed by atoms with E-state index in [1.54, 1.807) is 13.8 Å². The van der Waals surface area contributed by atoms with Gasteiger partial charge in [0.05, 0.1) is 4.90 Å². The molecule has 2 rings (SSSR count). The van der Waals surface area contributed by atoms with Crippen LogP contribution in [0.4, 0.5) is 4.39 Å². The van der Waals surface area contributed by atoms with Gasteiger partial charge in [0.15, 0.2) is 0 Å². The summed E-state index contributed by atoms with van der Waals surface area (Å²) < 4.78 is 40.7. The highest BCUT2D eigenvalue weighted by atomic mass is 32.2. The molecule has 1 heterocycles. The lowest BCUT2D eigenvalue weighted by Crippen LogP contribution is -2.38. The third kappa shape index (κ3) is 3.56. The Labute approximate surface area is 119 Å². The van der Waals surface area contributed by atoms with Crippen LogP contribution in [0.5, 0.6) is 0 Å². The molecule has 6 heteroatoms. The van der Waals surface area contributed by atoms with E-state index in [1.165, 1.54) is 12.1 Å². The summed E-state index contributed by atoms with van der Waals surface area (Å²) in [6.07, 6.45) is 2.10. The minimum atomic E-state index is -3.58. The zero-order valence-corrected chi connectivity index (χ0v) is 12.7. The zero-order chi connectivity index (χ0) is 14.8. The monoisotopic (exact) mass is 300 g/mol. The first-order valence-electron chi connectivity index (χ1n) is 6.87. The molecule has 0 bridgehead atoms. The smallest absolute Gasteiger partial charge is 0.241 e. The van der Waals surface area contributed by atoms with Gasteiger partial charge in [-0.15, -0.1) is 0 Å². The highest BCUT2D eigenvalue weighted by Gasteiger charge is 2.22. The molecule has 1 aromatic carbocycles. The molecule has 0 saturated carbocycles. The molecule has 2 N–H and O–H groups in total. The second-order valence-electron chi connectivity index (χ2n) is 5.43. The van der Waals surface area contributed by atoms with Crippen molar-refractivity contribution in [3.63, 3.8) is 0 Å². The molecule has 4 nitrogen and oxygen atoms in total. The lowest BCUT2D eigenvalue weighted by atomic mass is 10.0. The van der Waals surface area contributed by atoms with Gasteiger partial charge >= 0.3 is 0 Å². The molecule has 1 atom stereocenters. The Morgan fingerprint density at radius 2 is 2.00 bits per heavy atom. The van der Waals surface area contributed by atoms with E-state index in [0.717, 1.165) is 25.9 Å². The number of piperidine rings is 1. The second-order valence-corrected chi connectivity index (χ2v) is 7.14. The van der Waals surface area contributed by atoms with Crippen LogP contribution in [-0.2, 0) is 10.0 Å². The normalized spacial score (nSPS) is 20.1. The fourth-order valence-electron chi connectivity index (χ4n) is 2.72. The Morgan fingerprint density at radius 1 is 1.35 bits per heavy atom. The third-order valence-electron chi connectivity index (χ3n) is 3.65. The predicted octanol–water partition coefficient (Wildman–Crippen LogP) is 1.72. The van der Waals surface area contributed by atoms with Gasteiger partial charge in [0.25, 0.3) is 0 Å². The molecule has 1 aliphatic heterocycles. The van der Waals surface area contributed by atoms with E-state index in [-0.39, 0.29) is 4.90 Å². The fourth-order valence-corrected chi connectivity index (χ4v) is 4.28. The molecule has 112 valence electrons. The van der Waals surface area contributed by atoms with Crippen LogP contribution in [0, 0.1) is 25.6 Å². The van der Waals surface area contributed by atoms with Crippen molar-refractivity contribution in [1.82, 2.24) is 10.0 Å². The van der Waals surface area contributed by atoms with Crippen molar-refractivity contribution in [1.29, 1.82) is 0 Å². The molecule has 20 heavy (non-hydrogen) atoms. The van der Waals surface area contributed by atoms with Crippen LogP contribution in [0.15, 0.2) is 17.0 Å². The molecule has 0 aromatic heterocycles. The van der Waals surface area contributed by atoms with E-state index >= 15 is 0 Å². The van der Waals surface area contributed by atoms with Crippen molar-refractivity contribution in [2.45, 2.75) is 31.6 Å². The van der Waals surface area contributed by atoms with E-state index in [9.17, 15) is 12.8 Å². The minimum Gasteiger partial charge on any atom is -0.316 e. The van der Waals surface area contributed by atoms with Crippen LogP contribution in [0.2, 0.25) is 0 Å². The molecule has 1 unspecified atom stereocenters. The Morgan fingerprint density at radius 3 is 2.55 bits per heavy atom. The molecule has 1 saturated heterocycles. The van der Waals surface area contributed by atoms with E-state index in [1.807, 2.05) is 0 Å². The van der Waals surface area contributed by atoms with Crippen molar-refractivity contribution >= 4 is 10.0 Å². The first kappa shape index (κ1) is 15.4. The maximum atomic E-state index is 13.2. The molecular formula is C14H21FN2O2S. The SMILES string of the molecule is Cc1cc(F)cc(C)c1S(=O)(=O)NCC1CCCNC1. The highest BCUT2D eigenvalue weighted by molar-refractivity contribution is 7.89. The van der Waals surface area contributed by atoms with Crippen molar-refractivity contribution in [3.8, 4) is 0 Å². The quantitative estimate of drug-likeness (QED) is 0.890. The number of halogens is 1. The summed E-state index contributed by atoms with van der Waals surface area (Å²) >= 11 is 0. The van der Waals surface area contributed by atoms with Crippen LogP contribution in [0.1, 0.15) is 24.0 Å². The number of aryl methyl sites for hydroxylation is 2. The van der Waals surface area contributed by atoms with Gasteiger partial charge in [-0.2, -0.15) is 0 Å². The first-order chi connectivity index (χ1) is 9.40. The van der Waals surface area contributed by atoms with E-state index in [2.05, 4.69) is 10.0 Å². The summed E-state index contributed by atoms with van der Waals surface area (Å²) in [4.78, 5) is 0.197. The number of rotatable bonds is 4. The Bertz CT molecular complexity index is 558. The number of hydrogen-bond donors (Lipinski definition) is 2. The lowest BCUT2D eigenvalue weighted by Gasteiger charge is -2.23. The summed E-state index contributed by atoms with van der Waals surface area (Å²) in [5.41, 5.74) is 0.883. The predicted molar refractivity (Wildman–Crippen MR) is 76.7 cm³/mol. The van der Waals surface area contributed by atoms with Crippen LogP contribution in [0.25, 0.3) is 0 Å². The topological polar surface area (TPSA) is 58.2 Å². The van der Waals surface area contributed by atoms with Crippen LogP contribution >= 0.6 is 0 Å². The van der Waals surface area contributed by atoms with Crippen LogP contribution < -0.4 is 10.0 Å². The third-order valence-corrected chi connectivity index (χ3v) is 5.38. The summed E-state index contributed by atoms with van der Waals surface area (Å²) in [7, 11) is -3.58. The van der Waals surface area contributed by atoms with Gasteiger partial charge in [0.2, 0.25) is 10.0 Å². The lowest BCUT2D eigenvalue weighted by molar-refractivity contribution is 0.376. The van der Waals surface area contributed by atoms with E-state index in [4.69, 9.17) is 0 Å². The number of hydrogen-bond acceptors (Lipinski definition) is 3. The molecular weight excluding hydrogens is 279 g/mol. The molecule has 0 amide bonds. The highest BCUT2D eigenvalue weighted by Crippen LogP contribution is 2.21. The van der Waals surface area contributed by atoms with Gasteiger partial charge < -0.3 is 5.32 Å². The average molecular weight is 300 g/mol. The van der Waals surface area contributed by atoms with E-state index < -0.39 is 15.8 Å². The number of benzene rings is 1. The van der Waals surface area contributed by atoms with Crippen molar-refractivity contribution < 1.29 is 12.8 Å². The van der Waals surface area contributed by atoms with Crippen LogP contribution in [-0.4, -0.2) is 28.1 Å². The zero-order valence-electron chi connectivity index (χ0n) is 11.9. The molecule has 0 aliphatic carbocycles. The van der Waals surface area contributed by atoms with Crippen molar-refractivity contribution in [2.24, 2.45) is 5.92 Å². The Hall–Kier alpha value is -0.980. The maximum absolute atomic E-state index is 13.2. The summed E-state index contributed by atoms with van der Waals surface area (Å²) in [5, 5.41) is 3.26. The van der Waals surface area contributed by atoms with E-state index in [0.29, 0.717) is 23.6 Å². The molecule has 1 aromatic rings. The van der Waals surface area contributed by atoms with Gasteiger partial charge in [-0.1, -0.05) is 0 Å².